The van der Waals surface area contributed by atoms with Crippen LogP contribution >= 0.6 is 0 Å². The second kappa shape index (κ2) is 8.09. The molecule has 2 heterocycles. The molecule has 4 heteroatoms. The molecular formula is C18H32O4. The zero-order valence-corrected chi connectivity index (χ0v) is 14.2. The molecule has 3 rings (SSSR count). The average Bonchev–Trinajstić information content (AvgIpc) is 2.62. The summed E-state index contributed by atoms with van der Waals surface area (Å²) in [5.74, 6) is 2.72. The lowest BCUT2D eigenvalue weighted by Gasteiger charge is -2.41. The summed E-state index contributed by atoms with van der Waals surface area (Å²) in [5, 5.41) is 0. The van der Waals surface area contributed by atoms with Crippen molar-refractivity contribution in [3.8, 4) is 0 Å². The van der Waals surface area contributed by atoms with Crippen molar-refractivity contribution in [2.75, 3.05) is 39.6 Å². The lowest BCUT2D eigenvalue weighted by atomic mass is 9.69. The smallest absolute Gasteiger partial charge is 0.0837 e. The Morgan fingerprint density at radius 2 is 1.23 bits per heavy atom. The van der Waals surface area contributed by atoms with Gasteiger partial charge in [0, 0.05) is 0 Å². The Labute approximate surface area is 134 Å². The van der Waals surface area contributed by atoms with Gasteiger partial charge in [0.05, 0.1) is 51.8 Å². The van der Waals surface area contributed by atoms with Gasteiger partial charge in [-0.3, -0.25) is 0 Å². The van der Waals surface area contributed by atoms with Crippen LogP contribution in [0.5, 0.6) is 0 Å². The van der Waals surface area contributed by atoms with Gasteiger partial charge in [-0.2, -0.15) is 0 Å². The van der Waals surface area contributed by atoms with Gasteiger partial charge in [0.15, 0.2) is 0 Å². The average molecular weight is 312 g/mol. The highest BCUT2D eigenvalue weighted by molar-refractivity contribution is 4.85. The van der Waals surface area contributed by atoms with Gasteiger partial charge in [-0.15, -0.1) is 0 Å². The predicted molar refractivity (Wildman–Crippen MR) is 84.9 cm³/mol. The lowest BCUT2D eigenvalue weighted by Crippen LogP contribution is -2.41. The molecule has 0 aromatic rings. The molecule has 2 saturated heterocycles. The van der Waals surface area contributed by atoms with Gasteiger partial charge in [-0.05, 0) is 30.1 Å². The third-order valence-electron chi connectivity index (χ3n) is 6.10. The van der Waals surface area contributed by atoms with Crippen LogP contribution in [0.2, 0.25) is 0 Å². The zero-order chi connectivity index (χ0) is 15.4. The van der Waals surface area contributed by atoms with Crippen molar-refractivity contribution in [2.45, 2.75) is 51.7 Å². The second-order valence-electron chi connectivity index (χ2n) is 7.37. The van der Waals surface area contributed by atoms with Gasteiger partial charge in [-0.25, -0.2) is 0 Å². The minimum atomic E-state index is 0.294. The van der Waals surface area contributed by atoms with E-state index < -0.39 is 0 Å². The van der Waals surface area contributed by atoms with Gasteiger partial charge in [0.2, 0.25) is 0 Å². The first-order chi connectivity index (χ1) is 10.8. The summed E-state index contributed by atoms with van der Waals surface area (Å²) in [4.78, 5) is 0. The highest BCUT2D eigenvalue weighted by atomic mass is 16.6. The summed E-state index contributed by atoms with van der Waals surface area (Å²) in [6.07, 6.45) is 5.91. The van der Waals surface area contributed by atoms with Crippen LogP contribution in [-0.2, 0) is 18.9 Å². The molecule has 4 nitrogen and oxygen atoms in total. The van der Waals surface area contributed by atoms with Crippen LogP contribution in [0.1, 0.15) is 39.5 Å². The normalized spacial score (nSPS) is 40.1. The van der Waals surface area contributed by atoms with Crippen LogP contribution in [0.3, 0.4) is 0 Å². The Morgan fingerprint density at radius 1 is 0.727 bits per heavy atom. The highest BCUT2D eigenvalue weighted by Gasteiger charge is 2.36. The second-order valence-corrected chi connectivity index (χ2v) is 7.37. The fraction of sp³-hybridized carbons (Fsp3) is 1.00. The van der Waals surface area contributed by atoms with E-state index in [0.717, 1.165) is 51.5 Å². The van der Waals surface area contributed by atoms with Crippen molar-refractivity contribution in [1.29, 1.82) is 0 Å². The fourth-order valence-corrected chi connectivity index (χ4v) is 4.45. The van der Waals surface area contributed by atoms with Crippen LogP contribution in [0.15, 0.2) is 0 Å². The summed E-state index contributed by atoms with van der Waals surface area (Å²) >= 11 is 0. The van der Waals surface area contributed by atoms with Crippen LogP contribution in [0.25, 0.3) is 0 Å². The molecule has 6 atom stereocenters. The molecule has 6 unspecified atom stereocenters. The van der Waals surface area contributed by atoms with Crippen molar-refractivity contribution in [1.82, 2.24) is 0 Å². The number of ether oxygens (including phenoxy) is 4. The van der Waals surface area contributed by atoms with Crippen molar-refractivity contribution >= 4 is 0 Å². The van der Waals surface area contributed by atoms with Crippen LogP contribution < -0.4 is 0 Å². The molecule has 3 aliphatic rings. The molecule has 3 fully saturated rings. The molecule has 0 N–H and O–H groups in total. The quantitative estimate of drug-likeness (QED) is 0.800. The van der Waals surface area contributed by atoms with Crippen molar-refractivity contribution in [3.05, 3.63) is 0 Å². The van der Waals surface area contributed by atoms with Gasteiger partial charge in [0.1, 0.15) is 0 Å². The first-order valence-corrected chi connectivity index (χ1v) is 9.14. The molecule has 0 bridgehead atoms. The van der Waals surface area contributed by atoms with Crippen molar-refractivity contribution < 1.29 is 18.9 Å². The molecule has 0 amide bonds. The Kier molecular flexibility index (Phi) is 6.14. The molecule has 0 spiro atoms. The minimum absolute atomic E-state index is 0.294. The molecule has 0 radical (unpaired) electrons. The van der Waals surface area contributed by atoms with Gasteiger partial charge < -0.3 is 18.9 Å². The van der Waals surface area contributed by atoms with Gasteiger partial charge in [0.25, 0.3) is 0 Å². The maximum Gasteiger partial charge on any atom is 0.0837 e. The maximum atomic E-state index is 5.94. The third kappa shape index (κ3) is 4.02. The Balaban J connectivity index is 1.53. The largest absolute Gasteiger partial charge is 0.376 e. The Morgan fingerprint density at radius 3 is 1.64 bits per heavy atom. The monoisotopic (exact) mass is 312 g/mol. The van der Waals surface area contributed by atoms with E-state index in [0.29, 0.717) is 24.0 Å². The Bertz CT molecular complexity index is 293. The summed E-state index contributed by atoms with van der Waals surface area (Å²) < 4.78 is 23.1. The topological polar surface area (TPSA) is 36.9 Å². The van der Waals surface area contributed by atoms with Crippen LogP contribution in [0.4, 0.5) is 0 Å². The van der Waals surface area contributed by atoms with E-state index >= 15 is 0 Å². The number of hydrogen-bond donors (Lipinski definition) is 0. The molecule has 2 aliphatic heterocycles. The van der Waals surface area contributed by atoms with Crippen LogP contribution in [-0.4, -0.2) is 51.8 Å². The Hall–Kier alpha value is -0.160. The highest BCUT2D eigenvalue weighted by Crippen LogP contribution is 2.40. The van der Waals surface area contributed by atoms with Gasteiger partial charge >= 0.3 is 0 Å². The number of hydrogen-bond acceptors (Lipinski definition) is 4. The molecule has 0 aromatic carbocycles. The first-order valence-electron chi connectivity index (χ1n) is 9.14. The predicted octanol–water partition coefficient (Wildman–Crippen LogP) is 2.90. The third-order valence-corrected chi connectivity index (χ3v) is 6.10. The van der Waals surface area contributed by atoms with E-state index in [2.05, 4.69) is 13.8 Å². The molecule has 0 aromatic heterocycles. The summed E-state index contributed by atoms with van der Waals surface area (Å²) in [7, 11) is 0. The van der Waals surface area contributed by atoms with Crippen molar-refractivity contribution in [3.63, 3.8) is 0 Å². The molecule has 128 valence electrons. The van der Waals surface area contributed by atoms with E-state index in [-0.39, 0.29) is 0 Å². The fourth-order valence-electron chi connectivity index (χ4n) is 4.45. The summed E-state index contributed by atoms with van der Waals surface area (Å²) in [5.41, 5.74) is 0. The van der Waals surface area contributed by atoms with E-state index in [9.17, 15) is 0 Å². The SMILES string of the molecule is CC(C1CCCC(C(C)C2COCCO2)C1)C1COCCO1. The van der Waals surface area contributed by atoms with E-state index in [4.69, 9.17) is 18.9 Å². The molecule has 22 heavy (non-hydrogen) atoms. The summed E-state index contributed by atoms with van der Waals surface area (Å²) in [6, 6.07) is 0. The zero-order valence-electron chi connectivity index (χ0n) is 14.2. The first kappa shape index (κ1) is 16.7. The molecule has 1 aliphatic carbocycles. The molecule has 1 saturated carbocycles. The van der Waals surface area contributed by atoms with E-state index in [1.54, 1.807) is 0 Å². The standard InChI is InChI=1S/C18H32O4/c1-13(17-11-19-6-8-21-17)15-4-3-5-16(10-15)14(2)18-12-20-7-9-22-18/h13-18H,3-12H2,1-2H3. The summed E-state index contributed by atoms with van der Waals surface area (Å²) in [6.45, 7) is 9.30. The maximum absolute atomic E-state index is 5.94. The lowest BCUT2D eigenvalue weighted by molar-refractivity contribution is -0.130. The molecular weight excluding hydrogens is 280 g/mol. The van der Waals surface area contributed by atoms with Gasteiger partial charge in [-0.1, -0.05) is 33.1 Å². The number of rotatable bonds is 4. The van der Waals surface area contributed by atoms with Crippen molar-refractivity contribution in [2.24, 2.45) is 23.7 Å². The minimum Gasteiger partial charge on any atom is -0.376 e. The van der Waals surface area contributed by atoms with E-state index in [1.165, 1.54) is 25.7 Å². The van der Waals surface area contributed by atoms with E-state index in [1.807, 2.05) is 0 Å². The van der Waals surface area contributed by atoms with Crippen LogP contribution in [0, 0.1) is 23.7 Å².